The lowest BCUT2D eigenvalue weighted by Gasteiger charge is -2.18. The number of nitrogens with zero attached hydrogens (tertiary/aromatic N) is 3. The molecule has 0 unspecified atom stereocenters. The predicted molar refractivity (Wildman–Crippen MR) is 71.9 cm³/mol. The molecule has 2 heterocycles. The highest BCUT2D eigenvalue weighted by Gasteiger charge is 2.29. The number of carbonyl (C=O) groups excluding carboxylic acids is 1. The minimum Gasteiger partial charge on any atom is -0.442 e. The number of rotatable bonds is 2. The van der Waals surface area contributed by atoms with Gasteiger partial charge in [-0.25, -0.2) is 13.2 Å². The molecule has 1 aliphatic heterocycles. The Bertz CT molecular complexity index is 594. The Morgan fingerprint density at radius 2 is 1.90 bits per heavy atom. The number of carbonyl (C=O) groups is 1. The van der Waals surface area contributed by atoms with Gasteiger partial charge in [-0.15, -0.1) is 0 Å². The van der Waals surface area contributed by atoms with Crippen LogP contribution in [0.15, 0.2) is 17.3 Å². The van der Waals surface area contributed by atoms with Gasteiger partial charge in [0, 0.05) is 13.1 Å². The first-order chi connectivity index (χ1) is 9.20. The molecule has 0 atom stereocenters. The molecular weight excluding hydrogens is 282 g/mol. The van der Waals surface area contributed by atoms with E-state index in [4.69, 9.17) is 4.74 Å². The average molecular weight is 301 g/mol. The first kappa shape index (κ1) is 15.0. The Morgan fingerprint density at radius 1 is 1.30 bits per heavy atom. The number of hydrogen-bond acceptors (Lipinski definition) is 5. The minimum atomic E-state index is -3.55. The molecule has 1 saturated heterocycles. The molecule has 8 heteroatoms. The highest BCUT2D eigenvalue weighted by atomic mass is 32.2. The quantitative estimate of drug-likeness (QED) is 0.826. The van der Waals surface area contributed by atoms with Crippen LogP contribution in [0.25, 0.3) is 0 Å². The van der Waals surface area contributed by atoms with E-state index in [-0.39, 0.29) is 4.90 Å². The van der Waals surface area contributed by atoms with E-state index in [0.717, 1.165) is 17.5 Å². The second kappa shape index (κ2) is 5.17. The smallest absolute Gasteiger partial charge is 0.435 e. The van der Waals surface area contributed by atoms with Crippen molar-refractivity contribution in [3.63, 3.8) is 0 Å². The summed E-state index contributed by atoms with van der Waals surface area (Å²) < 4.78 is 32.0. The Kier molecular flexibility index (Phi) is 3.88. The van der Waals surface area contributed by atoms with Crippen LogP contribution in [-0.2, 0) is 14.8 Å². The summed E-state index contributed by atoms with van der Waals surface area (Å²) in [4.78, 5) is 11.8. The normalized spacial score (nSPS) is 17.4. The maximum atomic E-state index is 12.3. The fourth-order valence-corrected chi connectivity index (χ4v) is 3.38. The molecule has 1 aromatic rings. The van der Waals surface area contributed by atoms with E-state index in [1.807, 2.05) is 0 Å². The van der Waals surface area contributed by atoms with Crippen LogP contribution >= 0.6 is 0 Å². The van der Waals surface area contributed by atoms with E-state index < -0.39 is 21.7 Å². The van der Waals surface area contributed by atoms with E-state index in [9.17, 15) is 13.2 Å². The monoisotopic (exact) mass is 301 g/mol. The van der Waals surface area contributed by atoms with Gasteiger partial charge in [0.25, 0.3) is 0 Å². The van der Waals surface area contributed by atoms with Crippen LogP contribution in [-0.4, -0.2) is 47.3 Å². The summed E-state index contributed by atoms with van der Waals surface area (Å²) in [5.74, 6) is 0. The van der Waals surface area contributed by atoms with Gasteiger partial charge in [0.2, 0.25) is 10.0 Å². The van der Waals surface area contributed by atoms with E-state index in [0.29, 0.717) is 13.1 Å². The molecule has 1 aliphatic rings. The Morgan fingerprint density at radius 3 is 2.45 bits per heavy atom. The lowest BCUT2D eigenvalue weighted by Crippen LogP contribution is -2.28. The molecule has 0 amide bonds. The first-order valence-corrected chi connectivity index (χ1v) is 7.92. The van der Waals surface area contributed by atoms with Gasteiger partial charge in [0.15, 0.2) is 0 Å². The van der Waals surface area contributed by atoms with E-state index in [1.54, 1.807) is 20.8 Å². The molecule has 0 aromatic carbocycles. The van der Waals surface area contributed by atoms with E-state index in [1.165, 1.54) is 16.7 Å². The third-order valence-electron chi connectivity index (χ3n) is 2.84. The highest BCUT2D eigenvalue weighted by molar-refractivity contribution is 7.89. The zero-order valence-corrected chi connectivity index (χ0v) is 12.7. The van der Waals surface area contributed by atoms with Crippen LogP contribution < -0.4 is 0 Å². The molecule has 0 saturated carbocycles. The van der Waals surface area contributed by atoms with Gasteiger partial charge >= 0.3 is 6.09 Å². The van der Waals surface area contributed by atoms with Crippen LogP contribution in [0, 0.1) is 0 Å². The maximum Gasteiger partial charge on any atom is 0.435 e. The van der Waals surface area contributed by atoms with Crippen LogP contribution in [0.4, 0.5) is 4.79 Å². The topological polar surface area (TPSA) is 81.5 Å². The Balaban J connectivity index is 2.18. The number of aromatic nitrogens is 2. The largest absolute Gasteiger partial charge is 0.442 e. The predicted octanol–water partition coefficient (Wildman–Crippen LogP) is 1.45. The standard InChI is InChI=1S/C12H19N3O4S/c1-12(2,3)19-11(16)15-9-10(8-13-15)20(17,18)14-6-4-5-7-14/h8-9H,4-7H2,1-3H3. The van der Waals surface area contributed by atoms with Crippen LogP contribution in [0.5, 0.6) is 0 Å². The minimum absolute atomic E-state index is 0.0188. The fraction of sp³-hybridized carbons (Fsp3) is 0.667. The third-order valence-corrected chi connectivity index (χ3v) is 4.69. The summed E-state index contributed by atoms with van der Waals surface area (Å²) in [7, 11) is -3.55. The Hall–Kier alpha value is -1.41. The molecule has 0 radical (unpaired) electrons. The SMILES string of the molecule is CC(C)(C)OC(=O)n1cc(S(=O)(=O)N2CCCC2)cn1. The second-order valence-corrected chi connectivity index (χ2v) is 7.65. The average Bonchev–Trinajstić information content (AvgIpc) is 2.99. The summed E-state index contributed by atoms with van der Waals surface area (Å²) in [5.41, 5.74) is -0.656. The first-order valence-electron chi connectivity index (χ1n) is 6.48. The summed E-state index contributed by atoms with van der Waals surface area (Å²) in [6.07, 6.45) is 3.40. The summed E-state index contributed by atoms with van der Waals surface area (Å²) in [5, 5.41) is 3.77. The van der Waals surface area contributed by atoms with Crippen molar-refractivity contribution in [2.45, 2.75) is 44.1 Å². The van der Waals surface area contributed by atoms with Gasteiger partial charge in [-0.2, -0.15) is 14.1 Å². The van der Waals surface area contributed by atoms with Crippen molar-refractivity contribution in [1.82, 2.24) is 14.1 Å². The van der Waals surface area contributed by atoms with Gasteiger partial charge in [-0.3, -0.25) is 0 Å². The maximum absolute atomic E-state index is 12.3. The molecular formula is C12H19N3O4S. The Labute approximate surface area is 118 Å². The molecule has 0 spiro atoms. The second-order valence-electron chi connectivity index (χ2n) is 5.71. The molecule has 7 nitrogen and oxygen atoms in total. The summed E-state index contributed by atoms with van der Waals surface area (Å²) in [6, 6.07) is 0. The van der Waals surface area contributed by atoms with Crippen LogP contribution in [0.1, 0.15) is 33.6 Å². The lowest BCUT2D eigenvalue weighted by molar-refractivity contribution is 0.0514. The van der Waals surface area contributed by atoms with Crippen molar-refractivity contribution in [2.24, 2.45) is 0 Å². The van der Waals surface area contributed by atoms with Crippen LogP contribution in [0.2, 0.25) is 0 Å². The molecule has 2 rings (SSSR count). The fourth-order valence-electron chi connectivity index (χ4n) is 1.93. The molecule has 0 bridgehead atoms. The van der Waals surface area contributed by atoms with Crippen LogP contribution in [0.3, 0.4) is 0 Å². The molecule has 1 aromatic heterocycles. The van der Waals surface area contributed by atoms with Gasteiger partial charge in [-0.1, -0.05) is 0 Å². The lowest BCUT2D eigenvalue weighted by atomic mass is 10.2. The number of hydrogen-bond donors (Lipinski definition) is 0. The summed E-state index contributed by atoms with van der Waals surface area (Å²) >= 11 is 0. The van der Waals surface area contributed by atoms with Crippen molar-refractivity contribution < 1.29 is 17.9 Å². The van der Waals surface area contributed by atoms with Crippen molar-refractivity contribution in [3.8, 4) is 0 Å². The molecule has 0 N–H and O–H groups in total. The van der Waals surface area contributed by atoms with Crippen molar-refractivity contribution in [2.75, 3.05) is 13.1 Å². The summed E-state index contributed by atoms with van der Waals surface area (Å²) in [6.45, 7) is 6.22. The highest BCUT2D eigenvalue weighted by Crippen LogP contribution is 2.20. The third kappa shape index (κ3) is 3.18. The van der Waals surface area contributed by atoms with Gasteiger partial charge < -0.3 is 4.74 Å². The zero-order valence-electron chi connectivity index (χ0n) is 11.9. The van der Waals surface area contributed by atoms with Crippen molar-refractivity contribution >= 4 is 16.1 Å². The van der Waals surface area contributed by atoms with Crippen molar-refractivity contribution in [3.05, 3.63) is 12.4 Å². The molecule has 20 heavy (non-hydrogen) atoms. The van der Waals surface area contributed by atoms with Gasteiger partial charge in [0.05, 0.1) is 12.4 Å². The van der Waals surface area contributed by atoms with Crippen molar-refractivity contribution in [1.29, 1.82) is 0 Å². The van der Waals surface area contributed by atoms with Gasteiger partial charge in [-0.05, 0) is 33.6 Å². The molecule has 0 aliphatic carbocycles. The number of ether oxygens (including phenoxy) is 1. The molecule has 1 fully saturated rings. The van der Waals surface area contributed by atoms with E-state index >= 15 is 0 Å². The zero-order chi connectivity index (χ0) is 15.0. The van der Waals surface area contributed by atoms with E-state index in [2.05, 4.69) is 5.10 Å². The van der Waals surface area contributed by atoms with Gasteiger partial charge in [0.1, 0.15) is 10.5 Å². The number of sulfonamides is 1. The molecule has 112 valence electrons.